The molecule has 4 heteroatoms. The lowest BCUT2D eigenvalue weighted by atomic mass is 9.80. The number of para-hydroxylation sites is 2. The molecule has 2 aromatic carbocycles. The molecule has 0 atom stereocenters. The molecule has 0 unspecified atom stereocenters. The number of anilines is 2. The molecule has 0 N–H and O–H groups in total. The standard InChI is InChI=1S/C24H26N2O2/c1-3-5-6-13-19-24(18-4-2)22(27)25(20-14-9-7-10-15-20)26(23(24)28)21-16-11-8-12-17-21/h4,6-17H,2-3,5,18-19H2,1H3. The number of hydrazine groups is 1. The molecule has 4 nitrogen and oxygen atoms in total. The van der Waals surface area contributed by atoms with Gasteiger partial charge in [0.15, 0.2) is 0 Å². The van der Waals surface area contributed by atoms with E-state index in [1.54, 1.807) is 6.08 Å². The second-order valence-electron chi connectivity index (χ2n) is 6.94. The predicted molar refractivity (Wildman–Crippen MR) is 114 cm³/mol. The summed E-state index contributed by atoms with van der Waals surface area (Å²) in [6, 6.07) is 18.6. The number of nitrogens with zero attached hydrogens (tertiary/aromatic N) is 2. The number of benzene rings is 2. The van der Waals surface area contributed by atoms with Gasteiger partial charge in [-0.2, -0.15) is 0 Å². The van der Waals surface area contributed by atoms with Crippen molar-refractivity contribution in [1.82, 2.24) is 0 Å². The second-order valence-corrected chi connectivity index (χ2v) is 6.94. The van der Waals surface area contributed by atoms with Gasteiger partial charge in [-0.15, -0.1) is 6.58 Å². The predicted octanol–water partition coefficient (Wildman–Crippen LogP) is 5.29. The molecule has 0 bridgehead atoms. The van der Waals surface area contributed by atoms with Crippen molar-refractivity contribution in [3.8, 4) is 0 Å². The monoisotopic (exact) mass is 374 g/mol. The minimum absolute atomic E-state index is 0.214. The molecule has 3 rings (SSSR count). The SMILES string of the molecule is C=CCC1(CC=CCCC)C(=O)N(c2ccccc2)N(c2ccccc2)C1=O. The van der Waals surface area contributed by atoms with E-state index in [4.69, 9.17) is 0 Å². The van der Waals surface area contributed by atoms with E-state index in [2.05, 4.69) is 13.5 Å². The van der Waals surface area contributed by atoms with Crippen molar-refractivity contribution in [2.45, 2.75) is 32.6 Å². The first-order valence-electron chi connectivity index (χ1n) is 9.70. The summed E-state index contributed by atoms with van der Waals surface area (Å²) in [5, 5.41) is 3.02. The first-order chi connectivity index (χ1) is 13.7. The summed E-state index contributed by atoms with van der Waals surface area (Å²) < 4.78 is 0. The van der Waals surface area contributed by atoms with Crippen LogP contribution >= 0.6 is 0 Å². The van der Waals surface area contributed by atoms with Crippen molar-refractivity contribution in [1.29, 1.82) is 0 Å². The third kappa shape index (κ3) is 3.50. The molecule has 0 radical (unpaired) electrons. The summed E-state index contributed by atoms with van der Waals surface area (Å²) in [7, 11) is 0. The van der Waals surface area contributed by atoms with Gasteiger partial charge in [0.05, 0.1) is 11.4 Å². The quantitative estimate of drug-likeness (QED) is 0.465. The summed E-state index contributed by atoms with van der Waals surface area (Å²) in [5.74, 6) is -0.429. The van der Waals surface area contributed by atoms with Crippen LogP contribution in [0.25, 0.3) is 0 Å². The molecule has 0 aliphatic carbocycles. The average Bonchev–Trinajstić information content (AvgIpc) is 2.95. The van der Waals surface area contributed by atoms with Gasteiger partial charge in [-0.3, -0.25) is 9.59 Å². The third-order valence-corrected chi connectivity index (χ3v) is 4.99. The van der Waals surface area contributed by atoms with Gasteiger partial charge >= 0.3 is 0 Å². The van der Waals surface area contributed by atoms with Gasteiger partial charge in [0, 0.05) is 0 Å². The smallest absolute Gasteiger partial charge is 0.262 e. The van der Waals surface area contributed by atoms with Gasteiger partial charge in [0.2, 0.25) is 0 Å². The van der Waals surface area contributed by atoms with E-state index in [-0.39, 0.29) is 11.8 Å². The fourth-order valence-electron chi connectivity index (χ4n) is 3.53. The average molecular weight is 374 g/mol. The summed E-state index contributed by atoms with van der Waals surface area (Å²) in [4.78, 5) is 27.3. The van der Waals surface area contributed by atoms with Gasteiger partial charge in [-0.1, -0.05) is 68.0 Å². The number of carbonyl (C=O) groups excluding carboxylic acids is 2. The van der Waals surface area contributed by atoms with Crippen LogP contribution in [0.5, 0.6) is 0 Å². The highest BCUT2D eigenvalue weighted by Gasteiger charge is 2.57. The number of allylic oxidation sites excluding steroid dienone is 3. The zero-order valence-electron chi connectivity index (χ0n) is 16.3. The van der Waals surface area contributed by atoms with Crippen molar-refractivity contribution < 1.29 is 9.59 Å². The number of amides is 2. The molecule has 28 heavy (non-hydrogen) atoms. The molecule has 0 aromatic heterocycles. The Bertz CT molecular complexity index is 801. The second kappa shape index (κ2) is 8.70. The van der Waals surface area contributed by atoms with Crippen molar-refractivity contribution in [2.75, 3.05) is 10.0 Å². The Hall–Kier alpha value is -3.14. The van der Waals surface area contributed by atoms with Crippen LogP contribution in [0, 0.1) is 5.41 Å². The Morgan fingerprint density at radius 3 is 1.75 bits per heavy atom. The Balaban J connectivity index is 2.10. The highest BCUT2D eigenvalue weighted by Crippen LogP contribution is 2.43. The minimum Gasteiger partial charge on any atom is -0.271 e. The minimum atomic E-state index is -1.17. The highest BCUT2D eigenvalue weighted by atomic mass is 16.2. The van der Waals surface area contributed by atoms with Gasteiger partial charge in [-0.25, -0.2) is 10.0 Å². The number of unbranched alkanes of at least 4 members (excludes halogenated alkanes) is 1. The van der Waals surface area contributed by atoms with Crippen molar-refractivity contribution >= 4 is 23.2 Å². The maximum atomic E-state index is 13.7. The zero-order chi connectivity index (χ0) is 20.0. The molecule has 1 aliphatic rings. The summed E-state index contributed by atoms with van der Waals surface area (Å²) in [5.41, 5.74) is 0.180. The van der Waals surface area contributed by atoms with Crippen LogP contribution in [0.4, 0.5) is 11.4 Å². The Kier molecular flexibility index (Phi) is 6.09. The maximum absolute atomic E-state index is 13.7. The number of hydrogen-bond donors (Lipinski definition) is 0. The van der Waals surface area contributed by atoms with Gasteiger partial charge in [0.25, 0.3) is 11.8 Å². The van der Waals surface area contributed by atoms with Crippen LogP contribution in [0.2, 0.25) is 0 Å². The van der Waals surface area contributed by atoms with Gasteiger partial charge < -0.3 is 0 Å². The molecule has 1 heterocycles. The molecule has 1 aliphatic heterocycles. The molecule has 0 saturated carbocycles. The highest BCUT2D eigenvalue weighted by molar-refractivity contribution is 6.26. The maximum Gasteiger partial charge on any atom is 0.262 e. The molecule has 0 spiro atoms. The molecule has 1 saturated heterocycles. The van der Waals surface area contributed by atoms with E-state index in [9.17, 15) is 9.59 Å². The molecular formula is C24H26N2O2. The number of rotatable bonds is 8. The first-order valence-corrected chi connectivity index (χ1v) is 9.70. The van der Waals surface area contributed by atoms with Crippen LogP contribution < -0.4 is 10.0 Å². The third-order valence-electron chi connectivity index (χ3n) is 4.99. The summed E-state index contributed by atoms with van der Waals surface area (Å²) in [6.45, 7) is 5.91. The van der Waals surface area contributed by atoms with Gasteiger partial charge in [0.1, 0.15) is 5.41 Å². The molecular weight excluding hydrogens is 348 g/mol. The summed E-state index contributed by atoms with van der Waals surface area (Å²) >= 11 is 0. The lowest BCUT2D eigenvalue weighted by Gasteiger charge is -2.27. The van der Waals surface area contributed by atoms with Gasteiger partial charge in [-0.05, 0) is 43.5 Å². The molecule has 1 fully saturated rings. The lowest BCUT2D eigenvalue weighted by Crippen LogP contribution is -2.41. The van der Waals surface area contributed by atoms with E-state index in [0.29, 0.717) is 24.2 Å². The zero-order valence-corrected chi connectivity index (χ0v) is 16.3. The van der Waals surface area contributed by atoms with Crippen LogP contribution in [0.1, 0.15) is 32.6 Å². The van der Waals surface area contributed by atoms with Crippen molar-refractivity contribution in [2.24, 2.45) is 5.41 Å². The number of hydrogen-bond acceptors (Lipinski definition) is 2. The van der Waals surface area contributed by atoms with Crippen LogP contribution in [-0.4, -0.2) is 11.8 Å². The lowest BCUT2D eigenvalue weighted by molar-refractivity contribution is -0.134. The fraction of sp³-hybridized carbons (Fsp3) is 0.250. The van der Waals surface area contributed by atoms with Crippen LogP contribution in [-0.2, 0) is 9.59 Å². The Labute approximate surface area is 166 Å². The molecule has 2 aromatic rings. The molecule has 2 amide bonds. The topological polar surface area (TPSA) is 40.6 Å². The molecule has 144 valence electrons. The van der Waals surface area contributed by atoms with Crippen LogP contribution in [0.3, 0.4) is 0 Å². The largest absolute Gasteiger partial charge is 0.271 e. The van der Waals surface area contributed by atoms with E-state index in [0.717, 1.165) is 12.8 Å². The van der Waals surface area contributed by atoms with Crippen molar-refractivity contribution in [3.05, 3.63) is 85.5 Å². The first kappa shape index (κ1) is 19.6. The fourth-order valence-corrected chi connectivity index (χ4v) is 3.53. The van der Waals surface area contributed by atoms with Crippen molar-refractivity contribution in [3.63, 3.8) is 0 Å². The van der Waals surface area contributed by atoms with E-state index < -0.39 is 5.41 Å². The normalized spacial score (nSPS) is 16.2. The number of carbonyl (C=O) groups is 2. The summed E-state index contributed by atoms with van der Waals surface area (Å²) in [6.07, 6.45) is 8.29. The van der Waals surface area contributed by atoms with E-state index in [1.807, 2.05) is 72.8 Å². The van der Waals surface area contributed by atoms with E-state index >= 15 is 0 Å². The Morgan fingerprint density at radius 2 is 1.32 bits per heavy atom. The van der Waals surface area contributed by atoms with E-state index in [1.165, 1.54) is 10.0 Å². The van der Waals surface area contributed by atoms with Crippen LogP contribution in [0.15, 0.2) is 85.5 Å². The Morgan fingerprint density at radius 1 is 0.821 bits per heavy atom.